The van der Waals surface area contributed by atoms with Gasteiger partial charge in [0.15, 0.2) is 5.65 Å². The lowest BCUT2D eigenvalue weighted by Crippen LogP contribution is -2.30. The maximum absolute atomic E-state index is 13.1. The van der Waals surface area contributed by atoms with E-state index in [1.54, 1.807) is 30.5 Å². The van der Waals surface area contributed by atoms with E-state index in [4.69, 9.17) is 4.98 Å². The van der Waals surface area contributed by atoms with Crippen LogP contribution in [-0.2, 0) is 0 Å². The summed E-state index contributed by atoms with van der Waals surface area (Å²) in [4.78, 5) is 29.8. The Hall–Kier alpha value is -3.42. The Morgan fingerprint density at radius 2 is 1.71 bits per heavy atom. The van der Waals surface area contributed by atoms with Gasteiger partial charge < -0.3 is 16.0 Å². The highest BCUT2D eigenvalue weighted by Gasteiger charge is 2.28. The van der Waals surface area contributed by atoms with Gasteiger partial charge in [-0.15, -0.1) is 0 Å². The minimum absolute atomic E-state index is 0.160. The standard InChI is InChI=1S/C23H26N6O2/c1-13(2)29-21-19(12-24-29)18(11-20(28-21)14-3-4-14)22(30)25-15-5-7-16(8-6-15)26-23(31)27-17-9-10-17/h5-8,11-14,17H,3-4,9-10H2,1-2H3,(H,25,30)(H2,26,27,31). The molecule has 0 aliphatic heterocycles. The van der Waals surface area contributed by atoms with Gasteiger partial charge in [0, 0.05) is 35.1 Å². The summed E-state index contributed by atoms with van der Waals surface area (Å²) in [6.45, 7) is 4.11. The van der Waals surface area contributed by atoms with Crippen molar-refractivity contribution in [3.8, 4) is 0 Å². The Morgan fingerprint density at radius 3 is 2.32 bits per heavy atom. The second kappa shape index (κ2) is 7.68. The van der Waals surface area contributed by atoms with Crippen LogP contribution in [0.1, 0.15) is 67.5 Å². The molecule has 2 aliphatic rings. The fraction of sp³-hybridized carbons (Fsp3) is 0.391. The Morgan fingerprint density at radius 1 is 1.03 bits per heavy atom. The molecule has 8 heteroatoms. The molecule has 0 atom stereocenters. The summed E-state index contributed by atoms with van der Waals surface area (Å²) in [6, 6.07) is 9.27. The molecule has 1 aromatic carbocycles. The number of pyridine rings is 1. The van der Waals surface area contributed by atoms with Gasteiger partial charge >= 0.3 is 6.03 Å². The number of urea groups is 1. The van der Waals surface area contributed by atoms with Crippen LogP contribution in [0.4, 0.5) is 16.2 Å². The summed E-state index contributed by atoms with van der Waals surface area (Å²) in [6.07, 6.45) is 6.02. The fourth-order valence-electron chi connectivity index (χ4n) is 3.61. The molecule has 0 bridgehead atoms. The highest BCUT2D eigenvalue weighted by atomic mass is 16.2. The number of nitrogens with zero attached hydrogens (tertiary/aromatic N) is 3. The Kier molecular flexibility index (Phi) is 4.84. The molecule has 3 aromatic rings. The van der Waals surface area contributed by atoms with Gasteiger partial charge in [-0.1, -0.05) is 0 Å². The Balaban J connectivity index is 1.35. The molecule has 2 fully saturated rings. The van der Waals surface area contributed by atoms with Crippen molar-refractivity contribution in [3.05, 3.63) is 47.8 Å². The second-order valence-electron chi connectivity index (χ2n) is 8.69. The summed E-state index contributed by atoms with van der Waals surface area (Å²) in [5, 5.41) is 13.9. The van der Waals surface area contributed by atoms with Crippen LogP contribution in [0.15, 0.2) is 36.5 Å². The van der Waals surface area contributed by atoms with Crippen molar-refractivity contribution in [2.24, 2.45) is 0 Å². The molecule has 31 heavy (non-hydrogen) atoms. The zero-order valence-corrected chi connectivity index (χ0v) is 17.7. The second-order valence-corrected chi connectivity index (χ2v) is 8.69. The van der Waals surface area contributed by atoms with Crippen LogP contribution in [0, 0.1) is 0 Å². The van der Waals surface area contributed by atoms with E-state index < -0.39 is 0 Å². The number of rotatable bonds is 6. The molecule has 160 valence electrons. The van der Waals surface area contributed by atoms with E-state index in [0.717, 1.165) is 42.4 Å². The van der Waals surface area contributed by atoms with E-state index in [1.165, 1.54) is 0 Å². The number of fused-ring (bicyclic) bond motifs is 1. The van der Waals surface area contributed by atoms with Gasteiger partial charge in [0.2, 0.25) is 0 Å². The van der Waals surface area contributed by atoms with Gasteiger partial charge in [0.05, 0.1) is 17.1 Å². The number of anilines is 2. The molecule has 0 saturated heterocycles. The maximum atomic E-state index is 13.1. The first-order valence-electron chi connectivity index (χ1n) is 10.8. The molecule has 0 unspecified atom stereocenters. The quantitative estimate of drug-likeness (QED) is 0.551. The first-order valence-corrected chi connectivity index (χ1v) is 10.8. The predicted octanol–water partition coefficient (Wildman–Crippen LogP) is 4.43. The van der Waals surface area contributed by atoms with E-state index in [1.807, 2.05) is 10.7 Å². The van der Waals surface area contributed by atoms with E-state index >= 15 is 0 Å². The van der Waals surface area contributed by atoms with Crippen LogP contribution in [-0.4, -0.2) is 32.7 Å². The first-order chi connectivity index (χ1) is 15.0. The van der Waals surface area contributed by atoms with Gasteiger partial charge in [-0.2, -0.15) is 5.10 Å². The number of carbonyl (C=O) groups is 2. The van der Waals surface area contributed by atoms with Crippen molar-refractivity contribution in [1.29, 1.82) is 0 Å². The van der Waals surface area contributed by atoms with Crippen molar-refractivity contribution >= 4 is 34.3 Å². The van der Waals surface area contributed by atoms with Gasteiger partial charge in [-0.05, 0) is 69.9 Å². The molecular weight excluding hydrogens is 392 g/mol. The summed E-state index contributed by atoms with van der Waals surface area (Å²) in [5.74, 6) is 0.239. The minimum atomic E-state index is -0.201. The van der Waals surface area contributed by atoms with Crippen LogP contribution in [0.3, 0.4) is 0 Å². The molecule has 5 rings (SSSR count). The molecule has 0 radical (unpaired) electrons. The maximum Gasteiger partial charge on any atom is 0.319 e. The van der Waals surface area contributed by atoms with Crippen molar-refractivity contribution < 1.29 is 9.59 Å². The number of nitrogens with one attached hydrogen (secondary N) is 3. The predicted molar refractivity (Wildman–Crippen MR) is 119 cm³/mol. The molecule has 2 aliphatic carbocycles. The minimum Gasteiger partial charge on any atom is -0.335 e. The lowest BCUT2D eigenvalue weighted by molar-refractivity contribution is 0.102. The molecule has 8 nitrogen and oxygen atoms in total. The van der Waals surface area contributed by atoms with Crippen LogP contribution in [0.5, 0.6) is 0 Å². The van der Waals surface area contributed by atoms with Crippen LogP contribution >= 0.6 is 0 Å². The van der Waals surface area contributed by atoms with Gasteiger partial charge in [0.25, 0.3) is 5.91 Å². The molecule has 2 heterocycles. The molecule has 2 saturated carbocycles. The third-order valence-corrected chi connectivity index (χ3v) is 5.63. The monoisotopic (exact) mass is 418 g/mol. The molecule has 2 aromatic heterocycles. The lowest BCUT2D eigenvalue weighted by Gasteiger charge is -2.11. The topological polar surface area (TPSA) is 101 Å². The first kappa shape index (κ1) is 19.5. The third-order valence-electron chi connectivity index (χ3n) is 5.63. The van der Waals surface area contributed by atoms with Gasteiger partial charge in [-0.25, -0.2) is 14.5 Å². The number of amides is 3. The van der Waals surface area contributed by atoms with Gasteiger partial charge in [0.1, 0.15) is 0 Å². The van der Waals surface area contributed by atoms with E-state index in [-0.39, 0.29) is 18.0 Å². The van der Waals surface area contributed by atoms with E-state index in [2.05, 4.69) is 34.9 Å². The summed E-state index contributed by atoms with van der Waals surface area (Å²) >= 11 is 0. The fourth-order valence-corrected chi connectivity index (χ4v) is 3.61. The Bertz CT molecular complexity index is 1140. The van der Waals surface area contributed by atoms with Crippen LogP contribution in [0.2, 0.25) is 0 Å². The highest BCUT2D eigenvalue weighted by molar-refractivity contribution is 6.12. The van der Waals surface area contributed by atoms with E-state index in [0.29, 0.717) is 28.9 Å². The van der Waals surface area contributed by atoms with E-state index in [9.17, 15) is 9.59 Å². The normalized spacial score (nSPS) is 15.8. The SMILES string of the molecule is CC(C)n1ncc2c(C(=O)Nc3ccc(NC(=O)NC4CC4)cc3)cc(C3CC3)nc21. The number of hydrogen-bond acceptors (Lipinski definition) is 4. The number of benzene rings is 1. The number of carbonyl (C=O) groups excluding carboxylic acids is 2. The zero-order chi connectivity index (χ0) is 21.5. The number of aromatic nitrogens is 3. The summed E-state index contributed by atoms with van der Waals surface area (Å²) in [7, 11) is 0. The molecular formula is C23H26N6O2. The molecule has 3 amide bonds. The molecule has 0 spiro atoms. The van der Waals surface area contributed by atoms with Crippen molar-refractivity contribution in [1.82, 2.24) is 20.1 Å². The van der Waals surface area contributed by atoms with Crippen LogP contribution in [0.25, 0.3) is 11.0 Å². The lowest BCUT2D eigenvalue weighted by atomic mass is 10.1. The van der Waals surface area contributed by atoms with Crippen LogP contribution < -0.4 is 16.0 Å². The van der Waals surface area contributed by atoms with Crippen molar-refractivity contribution in [2.75, 3.05) is 10.6 Å². The zero-order valence-electron chi connectivity index (χ0n) is 17.7. The molecule has 3 N–H and O–H groups in total. The average Bonchev–Trinajstić information content (AvgIpc) is 3.67. The summed E-state index contributed by atoms with van der Waals surface area (Å²) < 4.78 is 1.87. The van der Waals surface area contributed by atoms with Gasteiger partial charge in [-0.3, -0.25) is 4.79 Å². The third kappa shape index (κ3) is 4.23. The largest absolute Gasteiger partial charge is 0.335 e. The average molecular weight is 419 g/mol. The summed E-state index contributed by atoms with van der Waals surface area (Å²) in [5.41, 5.74) is 3.64. The highest BCUT2D eigenvalue weighted by Crippen LogP contribution is 2.40. The van der Waals surface area contributed by atoms with Crippen molar-refractivity contribution in [3.63, 3.8) is 0 Å². The Labute approximate surface area is 180 Å². The van der Waals surface area contributed by atoms with Crippen molar-refractivity contribution in [2.45, 2.75) is 57.5 Å². The smallest absolute Gasteiger partial charge is 0.319 e. The number of hydrogen-bond donors (Lipinski definition) is 3.